The van der Waals surface area contributed by atoms with Crippen LogP contribution in [0.25, 0.3) is 0 Å². The summed E-state index contributed by atoms with van der Waals surface area (Å²) in [5.74, 6) is 0.752. The summed E-state index contributed by atoms with van der Waals surface area (Å²) in [6.45, 7) is 10.1. The fourth-order valence-corrected chi connectivity index (χ4v) is 2.08. The van der Waals surface area contributed by atoms with Gasteiger partial charge < -0.3 is 15.8 Å². The number of ether oxygens (including phenoxy) is 1. The lowest BCUT2D eigenvalue weighted by Crippen LogP contribution is -2.40. The molecule has 2 unspecified atom stereocenters. The van der Waals surface area contributed by atoms with Crippen molar-refractivity contribution in [2.24, 2.45) is 11.1 Å². The van der Waals surface area contributed by atoms with Crippen molar-refractivity contribution >= 4 is 5.91 Å². The molecular formula is C17H28N2O2. The first-order chi connectivity index (χ1) is 9.65. The normalized spacial score (nSPS) is 14.4. The smallest absolute Gasteiger partial charge is 0.222 e. The topological polar surface area (TPSA) is 64.3 Å². The summed E-state index contributed by atoms with van der Waals surface area (Å²) >= 11 is 0. The number of hydrogen-bond donors (Lipinski definition) is 2. The van der Waals surface area contributed by atoms with Gasteiger partial charge in [-0.1, -0.05) is 38.5 Å². The molecule has 0 aliphatic heterocycles. The predicted octanol–water partition coefficient (Wildman–Crippen LogP) is 2.94. The molecule has 0 spiro atoms. The Morgan fingerprint density at radius 1 is 1.38 bits per heavy atom. The highest BCUT2D eigenvalue weighted by atomic mass is 16.5. The Kier molecular flexibility index (Phi) is 5.78. The van der Waals surface area contributed by atoms with Crippen LogP contribution < -0.4 is 15.8 Å². The molecule has 1 aromatic rings. The van der Waals surface area contributed by atoms with Crippen molar-refractivity contribution in [2.75, 3.05) is 7.11 Å². The molecule has 0 heterocycles. The summed E-state index contributed by atoms with van der Waals surface area (Å²) in [4.78, 5) is 12.1. The molecule has 1 rings (SSSR count). The first-order valence-corrected chi connectivity index (χ1v) is 7.34. The van der Waals surface area contributed by atoms with Gasteiger partial charge in [0.05, 0.1) is 13.2 Å². The summed E-state index contributed by atoms with van der Waals surface area (Å²) in [7, 11) is 1.64. The highest BCUT2D eigenvalue weighted by Gasteiger charge is 2.24. The van der Waals surface area contributed by atoms with Crippen molar-refractivity contribution in [3.8, 4) is 5.75 Å². The van der Waals surface area contributed by atoms with E-state index < -0.39 is 0 Å². The average molecular weight is 292 g/mol. The number of nitrogens with two attached hydrogens (primary N) is 1. The summed E-state index contributed by atoms with van der Waals surface area (Å²) < 4.78 is 5.36. The third kappa shape index (κ3) is 5.05. The molecule has 1 amide bonds. The molecule has 4 nitrogen and oxygen atoms in total. The second-order valence-electron chi connectivity index (χ2n) is 6.71. The van der Waals surface area contributed by atoms with E-state index in [9.17, 15) is 4.79 Å². The van der Waals surface area contributed by atoms with Crippen molar-refractivity contribution in [2.45, 2.75) is 53.1 Å². The van der Waals surface area contributed by atoms with Crippen LogP contribution in [-0.2, 0) is 4.79 Å². The van der Waals surface area contributed by atoms with Crippen LogP contribution in [0.1, 0.15) is 51.3 Å². The second kappa shape index (κ2) is 6.94. The maximum Gasteiger partial charge on any atom is 0.222 e. The minimum absolute atomic E-state index is 0.0338. The largest absolute Gasteiger partial charge is 0.496 e. The van der Waals surface area contributed by atoms with Crippen LogP contribution in [0.15, 0.2) is 18.2 Å². The van der Waals surface area contributed by atoms with Crippen LogP contribution in [0.4, 0.5) is 0 Å². The van der Waals surface area contributed by atoms with Crippen LogP contribution in [0.3, 0.4) is 0 Å². The van der Waals surface area contributed by atoms with Crippen LogP contribution in [0, 0.1) is 12.3 Å². The van der Waals surface area contributed by atoms with E-state index in [2.05, 4.69) is 5.32 Å². The van der Waals surface area contributed by atoms with Gasteiger partial charge in [0.1, 0.15) is 5.75 Å². The molecule has 0 aliphatic carbocycles. The van der Waals surface area contributed by atoms with Gasteiger partial charge in [0.2, 0.25) is 5.91 Å². The molecule has 118 valence electrons. The van der Waals surface area contributed by atoms with E-state index >= 15 is 0 Å². The Morgan fingerprint density at radius 3 is 2.52 bits per heavy atom. The molecule has 0 saturated carbocycles. The maximum atomic E-state index is 12.1. The number of rotatable bonds is 5. The Labute approximate surface area is 128 Å². The Balaban J connectivity index is 2.75. The third-order valence-electron chi connectivity index (χ3n) is 3.75. The van der Waals surface area contributed by atoms with Crippen LogP contribution in [-0.4, -0.2) is 19.1 Å². The highest BCUT2D eigenvalue weighted by Crippen LogP contribution is 2.26. The Morgan fingerprint density at radius 2 is 2.00 bits per heavy atom. The van der Waals surface area contributed by atoms with E-state index in [1.807, 2.05) is 52.8 Å². The Bertz CT molecular complexity index is 492. The first-order valence-electron chi connectivity index (χ1n) is 7.34. The molecule has 1 aromatic carbocycles. The number of amides is 1. The van der Waals surface area contributed by atoms with Gasteiger partial charge in [0.15, 0.2) is 0 Å². The molecule has 3 N–H and O–H groups in total. The average Bonchev–Trinajstić information content (AvgIpc) is 2.37. The minimum atomic E-state index is -0.163. The van der Waals surface area contributed by atoms with Gasteiger partial charge in [-0.25, -0.2) is 0 Å². The van der Waals surface area contributed by atoms with E-state index in [0.717, 1.165) is 16.9 Å². The highest BCUT2D eigenvalue weighted by molar-refractivity contribution is 5.77. The molecule has 0 aromatic heterocycles. The molecule has 21 heavy (non-hydrogen) atoms. The third-order valence-corrected chi connectivity index (χ3v) is 3.75. The molecular weight excluding hydrogens is 264 g/mol. The fourth-order valence-electron chi connectivity index (χ4n) is 2.08. The lowest BCUT2D eigenvalue weighted by molar-refractivity contribution is -0.122. The van der Waals surface area contributed by atoms with E-state index in [-0.39, 0.29) is 23.4 Å². The number of nitrogens with one attached hydrogen (secondary N) is 1. The van der Waals surface area contributed by atoms with Crippen LogP contribution in [0.5, 0.6) is 5.75 Å². The first kappa shape index (κ1) is 17.5. The van der Waals surface area contributed by atoms with Crippen molar-refractivity contribution in [3.63, 3.8) is 0 Å². The quantitative estimate of drug-likeness (QED) is 0.877. The number of carbonyl (C=O) groups excluding carboxylic acids is 1. The fraction of sp³-hybridized carbons (Fsp3) is 0.588. The second-order valence-corrected chi connectivity index (χ2v) is 6.71. The van der Waals surface area contributed by atoms with Gasteiger partial charge in [-0.15, -0.1) is 0 Å². The lowest BCUT2D eigenvalue weighted by atomic mass is 9.85. The minimum Gasteiger partial charge on any atom is -0.496 e. The van der Waals surface area contributed by atoms with Crippen molar-refractivity contribution in [1.29, 1.82) is 0 Å². The molecule has 2 atom stereocenters. The molecule has 0 saturated heterocycles. The summed E-state index contributed by atoms with van der Waals surface area (Å²) in [6, 6.07) is 5.68. The molecule has 0 bridgehead atoms. The molecule has 4 heteroatoms. The standard InChI is InChI=1S/C17H28N2O2/c1-11-7-8-14(21-6)13(9-11)12(2)19-16(20)10-15(18)17(3,4)5/h7-9,12,15H,10,18H2,1-6H3,(H,19,20). The van der Waals surface area contributed by atoms with Crippen molar-refractivity contribution in [3.05, 3.63) is 29.3 Å². The van der Waals surface area contributed by atoms with Crippen LogP contribution in [0.2, 0.25) is 0 Å². The number of carbonyl (C=O) groups is 1. The summed E-state index contributed by atoms with van der Waals surface area (Å²) in [5, 5.41) is 3.00. The van der Waals surface area contributed by atoms with E-state index in [1.165, 1.54) is 0 Å². The zero-order valence-electron chi connectivity index (χ0n) is 14.0. The molecule has 0 radical (unpaired) electrons. The van der Waals surface area contributed by atoms with Gasteiger partial charge in [-0.2, -0.15) is 0 Å². The van der Waals surface area contributed by atoms with Gasteiger partial charge in [-0.05, 0) is 25.3 Å². The van der Waals surface area contributed by atoms with Gasteiger partial charge >= 0.3 is 0 Å². The summed E-state index contributed by atoms with van der Waals surface area (Å²) in [5.41, 5.74) is 8.10. The molecule has 0 aliphatic rings. The van der Waals surface area contributed by atoms with E-state index in [4.69, 9.17) is 10.5 Å². The Hall–Kier alpha value is -1.55. The van der Waals surface area contributed by atoms with Gasteiger partial charge in [0.25, 0.3) is 0 Å². The van der Waals surface area contributed by atoms with Gasteiger partial charge in [-0.3, -0.25) is 4.79 Å². The predicted molar refractivity (Wildman–Crippen MR) is 86.3 cm³/mol. The van der Waals surface area contributed by atoms with Crippen LogP contribution >= 0.6 is 0 Å². The van der Waals surface area contributed by atoms with E-state index in [0.29, 0.717) is 6.42 Å². The molecule has 0 fully saturated rings. The SMILES string of the molecule is COc1ccc(C)cc1C(C)NC(=O)CC(N)C(C)(C)C. The van der Waals surface area contributed by atoms with E-state index in [1.54, 1.807) is 7.11 Å². The lowest BCUT2D eigenvalue weighted by Gasteiger charge is -2.27. The monoisotopic (exact) mass is 292 g/mol. The number of hydrogen-bond acceptors (Lipinski definition) is 3. The van der Waals surface area contributed by atoms with Crippen molar-refractivity contribution < 1.29 is 9.53 Å². The number of benzene rings is 1. The number of methoxy groups -OCH3 is 1. The maximum absolute atomic E-state index is 12.1. The van der Waals surface area contributed by atoms with Gasteiger partial charge in [0, 0.05) is 18.0 Å². The summed E-state index contributed by atoms with van der Waals surface area (Å²) in [6.07, 6.45) is 0.321. The zero-order chi connectivity index (χ0) is 16.2. The van der Waals surface area contributed by atoms with Crippen molar-refractivity contribution in [1.82, 2.24) is 5.32 Å². The number of aryl methyl sites for hydroxylation is 1. The zero-order valence-corrected chi connectivity index (χ0v) is 14.0.